The van der Waals surface area contributed by atoms with Gasteiger partial charge in [0.2, 0.25) is 0 Å². The summed E-state index contributed by atoms with van der Waals surface area (Å²) in [4.78, 5) is 0. The second-order valence-electron chi connectivity index (χ2n) is 4.23. The van der Waals surface area contributed by atoms with Crippen LogP contribution in [0.2, 0.25) is 0 Å². The van der Waals surface area contributed by atoms with Crippen LogP contribution in [0.25, 0.3) is 0 Å². The van der Waals surface area contributed by atoms with Crippen molar-refractivity contribution in [3.63, 3.8) is 0 Å². The molecule has 0 fully saturated rings. The third kappa shape index (κ3) is 4.79. The molecule has 0 radical (unpaired) electrons. The molecule has 0 saturated heterocycles. The highest BCUT2D eigenvalue weighted by atomic mass is 19.1. The van der Waals surface area contributed by atoms with E-state index in [0.29, 0.717) is 24.9 Å². The summed E-state index contributed by atoms with van der Waals surface area (Å²) < 4.78 is 26.0. The van der Waals surface area contributed by atoms with E-state index in [9.17, 15) is 13.9 Å². The highest BCUT2D eigenvalue weighted by molar-refractivity contribution is 5.20. The van der Waals surface area contributed by atoms with Crippen LogP contribution in [0.15, 0.2) is 18.2 Å². The van der Waals surface area contributed by atoms with Crippen molar-refractivity contribution in [2.75, 3.05) is 6.54 Å². The highest BCUT2D eigenvalue weighted by Gasteiger charge is 2.08. The molecule has 1 aromatic carbocycles. The molecule has 2 nitrogen and oxygen atoms in total. The highest BCUT2D eigenvalue weighted by Crippen LogP contribution is 2.15. The van der Waals surface area contributed by atoms with Gasteiger partial charge in [-0.2, -0.15) is 0 Å². The number of benzene rings is 1. The summed E-state index contributed by atoms with van der Waals surface area (Å²) in [7, 11) is 0. The van der Waals surface area contributed by atoms with Crippen molar-refractivity contribution >= 4 is 0 Å². The predicted molar refractivity (Wildman–Crippen MR) is 63.7 cm³/mol. The van der Waals surface area contributed by atoms with Crippen LogP contribution in [0.1, 0.15) is 38.3 Å². The zero-order chi connectivity index (χ0) is 12.8. The quantitative estimate of drug-likeness (QED) is 0.805. The summed E-state index contributed by atoms with van der Waals surface area (Å²) in [6.45, 7) is 4.37. The number of nitrogens with one attached hydrogen (secondary N) is 1. The van der Waals surface area contributed by atoms with Gasteiger partial charge in [0.05, 0.1) is 6.10 Å². The molecule has 96 valence electrons. The monoisotopic (exact) mass is 243 g/mol. The van der Waals surface area contributed by atoms with Crippen molar-refractivity contribution in [1.82, 2.24) is 5.32 Å². The average Bonchev–Trinajstić information content (AvgIpc) is 2.27. The van der Waals surface area contributed by atoms with Gasteiger partial charge in [-0.25, -0.2) is 8.78 Å². The molecule has 0 aliphatic carbocycles. The van der Waals surface area contributed by atoms with Crippen LogP contribution in [0, 0.1) is 11.6 Å². The fraction of sp³-hybridized carbons (Fsp3) is 0.538. The summed E-state index contributed by atoms with van der Waals surface area (Å²) in [6.07, 6.45) is 1.03. The maximum absolute atomic E-state index is 13.0. The molecule has 4 heteroatoms. The van der Waals surface area contributed by atoms with Gasteiger partial charge in [0.25, 0.3) is 0 Å². The number of halogens is 2. The summed E-state index contributed by atoms with van der Waals surface area (Å²) in [5, 5.41) is 12.5. The Kier molecular flexibility index (Phi) is 5.51. The molecular weight excluding hydrogens is 224 g/mol. The molecule has 0 amide bonds. The Bertz CT molecular complexity index is 337. The van der Waals surface area contributed by atoms with E-state index in [1.54, 1.807) is 0 Å². The van der Waals surface area contributed by atoms with Crippen LogP contribution in [0.3, 0.4) is 0 Å². The van der Waals surface area contributed by atoms with Gasteiger partial charge in [0.15, 0.2) is 0 Å². The first-order valence-corrected chi connectivity index (χ1v) is 5.90. The normalized spacial score (nSPS) is 14.6. The Hall–Kier alpha value is -1.00. The molecule has 0 aromatic heterocycles. The minimum Gasteiger partial charge on any atom is -0.393 e. The second-order valence-corrected chi connectivity index (χ2v) is 4.23. The van der Waals surface area contributed by atoms with E-state index in [0.717, 1.165) is 6.07 Å². The van der Waals surface area contributed by atoms with Crippen LogP contribution < -0.4 is 5.32 Å². The smallest absolute Gasteiger partial charge is 0.126 e. The summed E-state index contributed by atoms with van der Waals surface area (Å²) in [6, 6.07) is 3.36. The number of aliphatic hydroxyl groups is 1. The van der Waals surface area contributed by atoms with Gasteiger partial charge in [-0.3, -0.25) is 0 Å². The maximum atomic E-state index is 13.0. The van der Waals surface area contributed by atoms with Crippen molar-refractivity contribution in [3.8, 4) is 0 Å². The van der Waals surface area contributed by atoms with E-state index in [4.69, 9.17) is 0 Å². The topological polar surface area (TPSA) is 32.3 Å². The zero-order valence-corrected chi connectivity index (χ0v) is 10.2. The minimum atomic E-state index is -0.567. The first-order valence-electron chi connectivity index (χ1n) is 5.90. The summed E-state index contributed by atoms with van der Waals surface area (Å²) in [5.74, 6) is -1.13. The number of aliphatic hydroxyl groups excluding tert-OH is 1. The lowest BCUT2D eigenvalue weighted by Crippen LogP contribution is -2.23. The molecule has 17 heavy (non-hydrogen) atoms. The molecule has 2 unspecified atom stereocenters. The largest absolute Gasteiger partial charge is 0.393 e. The molecule has 0 heterocycles. The molecule has 0 aliphatic heterocycles. The summed E-state index contributed by atoms with van der Waals surface area (Å²) in [5.41, 5.74) is 0.577. The van der Waals surface area contributed by atoms with Gasteiger partial charge in [-0.1, -0.05) is 6.92 Å². The van der Waals surface area contributed by atoms with Crippen molar-refractivity contribution in [3.05, 3.63) is 35.4 Å². The van der Waals surface area contributed by atoms with Crippen LogP contribution in [0.5, 0.6) is 0 Å². The van der Waals surface area contributed by atoms with Gasteiger partial charge < -0.3 is 10.4 Å². The molecule has 0 aliphatic rings. The number of hydrogen-bond acceptors (Lipinski definition) is 2. The van der Waals surface area contributed by atoms with Crippen LogP contribution in [0.4, 0.5) is 8.78 Å². The summed E-state index contributed by atoms with van der Waals surface area (Å²) >= 11 is 0. The maximum Gasteiger partial charge on any atom is 0.126 e. The second kappa shape index (κ2) is 6.67. The Labute approximate surface area is 101 Å². The molecule has 2 atom stereocenters. The zero-order valence-electron chi connectivity index (χ0n) is 10.2. The van der Waals surface area contributed by atoms with Crippen molar-refractivity contribution < 1.29 is 13.9 Å². The van der Waals surface area contributed by atoms with E-state index in [1.807, 2.05) is 13.8 Å². The van der Waals surface area contributed by atoms with Gasteiger partial charge in [-0.15, -0.1) is 0 Å². The van der Waals surface area contributed by atoms with Crippen LogP contribution >= 0.6 is 0 Å². The number of hydrogen-bond donors (Lipinski definition) is 2. The van der Waals surface area contributed by atoms with Gasteiger partial charge in [0.1, 0.15) is 11.6 Å². The third-order valence-corrected chi connectivity index (χ3v) is 2.78. The predicted octanol–water partition coefficient (Wildman–Crippen LogP) is 2.78. The van der Waals surface area contributed by atoms with Crippen molar-refractivity contribution in [1.29, 1.82) is 0 Å². The van der Waals surface area contributed by atoms with Gasteiger partial charge in [-0.05, 0) is 44.0 Å². The first kappa shape index (κ1) is 14.1. The molecule has 1 aromatic rings. The fourth-order valence-corrected chi connectivity index (χ4v) is 1.61. The minimum absolute atomic E-state index is 0.135. The molecule has 0 saturated carbocycles. The fourth-order valence-electron chi connectivity index (χ4n) is 1.61. The van der Waals surface area contributed by atoms with E-state index in [2.05, 4.69) is 5.32 Å². The molecule has 0 spiro atoms. The Morgan fingerprint density at radius 3 is 2.35 bits per heavy atom. The standard InChI is InChI=1S/C13H19F2NO/c1-3-13(17)4-5-16-9(2)10-6-11(14)8-12(15)7-10/h6-9,13,16-17H,3-5H2,1-2H3. The van der Waals surface area contributed by atoms with E-state index in [1.165, 1.54) is 12.1 Å². The van der Waals surface area contributed by atoms with Crippen molar-refractivity contribution in [2.24, 2.45) is 0 Å². The van der Waals surface area contributed by atoms with Crippen LogP contribution in [-0.4, -0.2) is 17.8 Å². The average molecular weight is 243 g/mol. The molecule has 2 N–H and O–H groups in total. The van der Waals surface area contributed by atoms with Gasteiger partial charge >= 0.3 is 0 Å². The van der Waals surface area contributed by atoms with Crippen LogP contribution in [-0.2, 0) is 0 Å². The van der Waals surface area contributed by atoms with E-state index >= 15 is 0 Å². The lowest BCUT2D eigenvalue weighted by Gasteiger charge is -2.15. The molecule has 1 rings (SSSR count). The lowest BCUT2D eigenvalue weighted by atomic mass is 10.1. The number of rotatable bonds is 6. The Balaban J connectivity index is 2.49. The third-order valence-electron chi connectivity index (χ3n) is 2.78. The van der Waals surface area contributed by atoms with E-state index < -0.39 is 11.6 Å². The lowest BCUT2D eigenvalue weighted by molar-refractivity contribution is 0.159. The molecular formula is C13H19F2NO. The Morgan fingerprint density at radius 1 is 1.24 bits per heavy atom. The van der Waals surface area contributed by atoms with Gasteiger partial charge in [0, 0.05) is 12.1 Å². The Morgan fingerprint density at radius 2 is 1.82 bits per heavy atom. The van der Waals surface area contributed by atoms with E-state index in [-0.39, 0.29) is 12.1 Å². The SMILES string of the molecule is CCC(O)CCNC(C)c1cc(F)cc(F)c1. The van der Waals surface area contributed by atoms with Crippen molar-refractivity contribution in [2.45, 2.75) is 38.8 Å². The first-order chi connectivity index (χ1) is 8.02. The molecule has 0 bridgehead atoms.